The molecule has 122 valence electrons. The van der Waals surface area contributed by atoms with Gasteiger partial charge in [0.15, 0.2) is 0 Å². The number of methoxy groups -OCH3 is 1. The van der Waals surface area contributed by atoms with Gasteiger partial charge in [-0.05, 0) is 36.3 Å². The van der Waals surface area contributed by atoms with E-state index in [1.807, 2.05) is 11.0 Å². The Morgan fingerprint density at radius 1 is 1.22 bits per heavy atom. The van der Waals surface area contributed by atoms with E-state index in [1.54, 1.807) is 0 Å². The highest BCUT2D eigenvalue weighted by Crippen LogP contribution is 2.64. The lowest BCUT2D eigenvalue weighted by Gasteiger charge is -2.57. The molecule has 1 aromatic carbocycles. The number of Topliss-reactive ketones (excluding diaryl/α,β-unsaturated/α-hetero) is 1. The van der Waals surface area contributed by atoms with Gasteiger partial charge in [0.2, 0.25) is 0 Å². The fourth-order valence-electron chi connectivity index (χ4n) is 5.79. The zero-order valence-corrected chi connectivity index (χ0v) is 14.0. The minimum absolute atomic E-state index is 0.00706. The van der Waals surface area contributed by atoms with Crippen molar-refractivity contribution in [1.82, 2.24) is 4.90 Å². The van der Waals surface area contributed by atoms with Gasteiger partial charge in [-0.25, -0.2) is 4.79 Å². The number of amides is 1. The number of carbonyl (C=O) groups is 2. The molecule has 4 nitrogen and oxygen atoms in total. The highest BCUT2D eigenvalue weighted by atomic mass is 16.5. The number of hydrogen-bond acceptors (Lipinski definition) is 3. The van der Waals surface area contributed by atoms with E-state index in [2.05, 4.69) is 32.0 Å². The van der Waals surface area contributed by atoms with Crippen LogP contribution in [0, 0.1) is 5.41 Å². The van der Waals surface area contributed by atoms with Crippen LogP contribution in [-0.2, 0) is 9.53 Å². The molecule has 1 saturated carbocycles. The van der Waals surface area contributed by atoms with E-state index in [-0.39, 0.29) is 29.3 Å². The molecular weight excluding hydrogens is 290 g/mol. The van der Waals surface area contributed by atoms with Crippen molar-refractivity contribution in [3.63, 3.8) is 0 Å². The van der Waals surface area contributed by atoms with Gasteiger partial charge < -0.3 is 4.74 Å². The van der Waals surface area contributed by atoms with Crippen molar-refractivity contribution in [3.05, 3.63) is 35.4 Å². The number of benzene rings is 1. The summed E-state index contributed by atoms with van der Waals surface area (Å²) in [7, 11) is 1.43. The molecule has 1 unspecified atom stereocenters. The Balaban J connectivity index is 2.01. The summed E-state index contributed by atoms with van der Waals surface area (Å²) in [6.45, 7) is 4.31. The zero-order valence-electron chi connectivity index (χ0n) is 14.0. The largest absolute Gasteiger partial charge is 0.453 e. The zero-order chi connectivity index (χ0) is 16.4. The van der Waals surface area contributed by atoms with E-state index in [0.29, 0.717) is 12.8 Å². The maximum Gasteiger partial charge on any atom is 0.410 e. The Hall–Kier alpha value is -1.84. The van der Waals surface area contributed by atoms with Crippen LogP contribution in [0.1, 0.15) is 62.6 Å². The quantitative estimate of drug-likeness (QED) is 0.731. The van der Waals surface area contributed by atoms with Gasteiger partial charge in [0.1, 0.15) is 5.78 Å². The summed E-state index contributed by atoms with van der Waals surface area (Å²) in [5.74, 6) is 0.446. The van der Waals surface area contributed by atoms with Gasteiger partial charge in [-0.15, -0.1) is 0 Å². The third kappa shape index (κ3) is 1.78. The molecule has 0 radical (unpaired) electrons. The summed E-state index contributed by atoms with van der Waals surface area (Å²) in [5.41, 5.74) is 1.98. The normalized spacial score (nSPS) is 38.0. The standard InChI is InChI=1S/C19H23NO3/c1-18-9-8-15-13-6-4-5-7-14(13)16(18)19(2,11-12(21)10-18)20(15)17(22)23-3/h4-7,15-16H,8-11H2,1-3H3/t15-,16?,18-,19+/m0/s1. The van der Waals surface area contributed by atoms with E-state index in [0.717, 1.165) is 12.8 Å². The minimum Gasteiger partial charge on any atom is -0.453 e. The van der Waals surface area contributed by atoms with Crippen molar-refractivity contribution in [2.24, 2.45) is 5.41 Å². The molecule has 1 saturated heterocycles. The summed E-state index contributed by atoms with van der Waals surface area (Å²) >= 11 is 0. The highest BCUT2D eigenvalue weighted by Gasteiger charge is 2.63. The third-order valence-electron chi connectivity index (χ3n) is 6.36. The van der Waals surface area contributed by atoms with Crippen LogP contribution in [0.3, 0.4) is 0 Å². The molecule has 0 N–H and O–H groups in total. The number of nitrogens with zero attached hydrogens (tertiary/aromatic N) is 1. The Morgan fingerprint density at radius 3 is 2.61 bits per heavy atom. The van der Waals surface area contributed by atoms with Crippen molar-refractivity contribution in [2.45, 2.75) is 57.0 Å². The molecule has 23 heavy (non-hydrogen) atoms. The van der Waals surface area contributed by atoms with Crippen LogP contribution in [0.25, 0.3) is 0 Å². The van der Waals surface area contributed by atoms with E-state index in [9.17, 15) is 9.59 Å². The Labute approximate surface area is 136 Å². The summed E-state index contributed by atoms with van der Waals surface area (Å²) in [6.07, 6.45) is 2.58. The number of fused-ring (bicyclic) bond motifs is 1. The molecule has 0 spiro atoms. The predicted octanol–water partition coefficient (Wildman–Crippen LogP) is 3.82. The lowest BCUT2D eigenvalue weighted by Crippen LogP contribution is -2.62. The Kier molecular flexibility index (Phi) is 2.94. The van der Waals surface area contributed by atoms with E-state index in [4.69, 9.17) is 4.74 Å². The molecule has 1 aromatic rings. The van der Waals surface area contributed by atoms with Crippen molar-refractivity contribution >= 4 is 11.9 Å². The molecule has 2 heterocycles. The lowest BCUT2D eigenvalue weighted by atomic mass is 9.55. The highest BCUT2D eigenvalue weighted by molar-refractivity contribution is 5.84. The van der Waals surface area contributed by atoms with Gasteiger partial charge in [-0.2, -0.15) is 0 Å². The molecule has 0 aromatic heterocycles. The first-order valence-electron chi connectivity index (χ1n) is 8.38. The van der Waals surface area contributed by atoms with E-state index >= 15 is 0 Å². The number of ketones is 1. The summed E-state index contributed by atoms with van der Waals surface area (Å²) < 4.78 is 5.11. The topological polar surface area (TPSA) is 46.6 Å². The van der Waals surface area contributed by atoms with Gasteiger partial charge in [-0.3, -0.25) is 9.69 Å². The van der Waals surface area contributed by atoms with Gasteiger partial charge >= 0.3 is 6.09 Å². The molecule has 4 bridgehead atoms. The summed E-state index contributed by atoms with van der Waals surface area (Å²) in [4.78, 5) is 27.0. The fraction of sp³-hybridized carbons (Fsp3) is 0.579. The van der Waals surface area contributed by atoms with Gasteiger partial charge in [0, 0.05) is 18.8 Å². The molecule has 2 fully saturated rings. The number of carbonyl (C=O) groups excluding carboxylic acids is 2. The average molecular weight is 313 g/mol. The van der Waals surface area contributed by atoms with E-state index < -0.39 is 5.54 Å². The maximum atomic E-state index is 12.6. The number of ether oxygens (including phenoxy) is 1. The van der Waals surface area contributed by atoms with Gasteiger partial charge in [-0.1, -0.05) is 31.2 Å². The van der Waals surface area contributed by atoms with Crippen LogP contribution in [0.5, 0.6) is 0 Å². The second-order valence-corrected chi connectivity index (χ2v) is 7.86. The second kappa shape index (κ2) is 4.59. The first kappa shape index (κ1) is 14.7. The molecule has 4 atom stereocenters. The molecule has 2 aliphatic heterocycles. The van der Waals surface area contributed by atoms with Crippen LogP contribution >= 0.6 is 0 Å². The van der Waals surface area contributed by atoms with E-state index in [1.165, 1.54) is 18.2 Å². The van der Waals surface area contributed by atoms with Gasteiger partial charge in [0.05, 0.1) is 18.7 Å². The van der Waals surface area contributed by atoms with Crippen LogP contribution in [0.4, 0.5) is 4.79 Å². The smallest absolute Gasteiger partial charge is 0.410 e. The Morgan fingerprint density at radius 2 is 1.91 bits per heavy atom. The number of rotatable bonds is 0. The average Bonchev–Trinajstić information content (AvgIpc) is 2.65. The molecule has 1 amide bonds. The predicted molar refractivity (Wildman–Crippen MR) is 86.2 cm³/mol. The second-order valence-electron chi connectivity index (χ2n) is 7.86. The van der Waals surface area contributed by atoms with Gasteiger partial charge in [0.25, 0.3) is 0 Å². The van der Waals surface area contributed by atoms with Crippen LogP contribution in [-0.4, -0.2) is 29.4 Å². The summed E-state index contributed by atoms with van der Waals surface area (Å²) in [6, 6.07) is 8.46. The molecular formula is C19H23NO3. The first-order chi connectivity index (χ1) is 10.9. The Bertz CT molecular complexity index is 700. The lowest BCUT2D eigenvalue weighted by molar-refractivity contribution is -0.131. The fourth-order valence-corrected chi connectivity index (χ4v) is 5.79. The van der Waals surface area contributed by atoms with Crippen molar-refractivity contribution in [3.8, 4) is 0 Å². The minimum atomic E-state index is -0.493. The van der Waals surface area contributed by atoms with Crippen LogP contribution in [0.15, 0.2) is 24.3 Å². The molecule has 4 aliphatic rings. The summed E-state index contributed by atoms with van der Waals surface area (Å²) in [5, 5.41) is 0. The third-order valence-corrected chi connectivity index (χ3v) is 6.36. The van der Waals surface area contributed by atoms with Crippen molar-refractivity contribution in [2.75, 3.05) is 7.11 Å². The molecule has 5 rings (SSSR count). The van der Waals surface area contributed by atoms with Crippen LogP contribution in [0.2, 0.25) is 0 Å². The van der Waals surface area contributed by atoms with Crippen molar-refractivity contribution < 1.29 is 14.3 Å². The molecule has 2 aliphatic carbocycles. The monoisotopic (exact) mass is 313 g/mol. The number of hydrogen-bond donors (Lipinski definition) is 0. The maximum absolute atomic E-state index is 12.6. The molecule has 4 heteroatoms. The van der Waals surface area contributed by atoms with Crippen LogP contribution < -0.4 is 0 Å². The van der Waals surface area contributed by atoms with Crippen molar-refractivity contribution in [1.29, 1.82) is 0 Å². The SMILES string of the molecule is COC(=O)N1[C@H]2CC[C@@]3(C)CC(=O)C[C@]1(C)C3c1ccccc12. The first-order valence-corrected chi connectivity index (χ1v) is 8.38.